The van der Waals surface area contributed by atoms with Crippen molar-refractivity contribution in [2.75, 3.05) is 13.2 Å². The average Bonchev–Trinajstić information content (AvgIpc) is 2.27. The molecule has 94 valence electrons. The summed E-state index contributed by atoms with van der Waals surface area (Å²) in [6.45, 7) is 8.19. The van der Waals surface area contributed by atoms with Crippen LogP contribution < -0.4 is 0 Å². The van der Waals surface area contributed by atoms with E-state index >= 15 is 0 Å². The average molecular weight is 230 g/mol. The van der Waals surface area contributed by atoms with Crippen LogP contribution in [0, 0.1) is 11.8 Å². The normalized spacial score (nSPS) is 10.6. The molecule has 0 saturated carbocycles. The zero-order valence-corrected chi connectivity index (χ0v) is 10.6. The fraction of sp³-hybridized carbons (Fsp3) is 0.833. The molecule has 0 aromatic carbocycles. The van der Waals surface area contributed by atoms with Crippen LogP contribution in [0.1, 0.15) is 40.5 Å². The van der Waals surface area contributed by atoms with Gasteiger partial charge in [-0.3, -0.25) is 9.59 Å². The number of hydrogen-bond acceptors (Lipinski definition) is 4. The van der Waals surface area contributed by atoms with Gasteiger partial charge in [-0.15, -0.1) is 0 Å². The van der Waals surface area contributed by atoms with Crippen LogP contribution in [0.4, 0.5) is 0 Å². The van der Waals surface area contributed by atoms with Crippen molar-refractivity contribution in [3.8, 4) is 0 Å². The van der Waals surface area contributed by atoms with Crippen LogP contribution in [0.5, 0.6) is 0 Å². The molecule has 0 aromatic rings. The third kappa shape index (κ3) is 6.43. The quantitative estimate of drug-likeness (QED) is 0.629. The maximum absolute atomic E-state index is 11.0. The van der Waals surface area contributed by atoms with Crippen molar-refractivity contribution in [2.45, 2.75) is 40.5 Å². The number of rotatable bonds is 7. The van der Waals surface area contributed by atoms with E-state index in [1.54, 1.807) is 13.8 Å². The molecule has 0 atom stereocenters. The van der Waals surface area contributed by atoms with Gasteiger partial charge in [0.15, 0.2) is 0 Å². The van der Waals surface area contributed by atoms with E-state index in [1.807, 2.05) is 13.8 Å². The summed E-state index contributed by atoms with van der Waals surface area (Å²) < 4.78 is 10.1. The molecule has 0 aliphatic carbocycles. The first-order valence-electron chi connectivity index (χ1n) is 5.82. The Kier molecular flexibility index (Phi) is 7.60. The number of carbonyl (C=O) groups excluding carboxylic acids is 2. The van der Waals surface area contributed by atoms with Gasteiger partial charge in [-0.25, -0.2) is 0 Å². The summed E-state index contributed by atoms with van der Waals surface area (Å²) in [4.78, 5) is 22.0. The monoisotopic (exact) mass is 230 g/mol. The predicted octanol–water partition coefficient (Wildman–Crippen LogP) is 2.17. The van der Waals surface area contributed by atoms with Crippen LogP contribution in [0.25, 0.3) is 0 Å². The van der Waals surface area contributed by atoms with Crippen molar-refractivity contribution >= 4 is 11.9 Å². The Bertz CT molecular complexity index is 203. The molecule has 16 heavy (non-hydrogen) atoms. The van der Waals surface area contributed by atoms with Crippen molar-refractivity contribution in [3.63, 3.8) is 0 Å². The summed E-state index contributed by atoms with van der Waals surface area (Å²) >= 11 is 0. The number of ether oxygens (including phenoxy) is 2. The van der Waals surface area contributed by atoms with Gasteiger partial charge >= 0.3 is 11.9 Å². The maximum atomic E-state index is 11.0. The minimum absolute atomic E-state index is 0.0750. The minimum Gasteiger partial charge on any atom is -0.465 e. The van der Waals surface area contributed by atoms with Crippen LogP contribution in [0.2, 0.25) is 0 Å². The zero-order chi connectivity index (χ0) is 12.6. The molecule has 0 aliphatic heterocycles. The number of carbonyl (C=O) groups is 2. The molecule has 4 heteroatoms. The van der Waals surface area contributed by atoms with Gasteiger partial charge in [0, 0.05) is 18.8 Å². The van der Waals surface area contributed by atoms with Crippen molar-refractivity contribution in [2.24, 2.45) is 11.8 Å². The highest BCUT2D eigenvalue weighted by Crippen LogP contribution is 2.12. The highest BCUT2D eigenvalue weighted by atomic mass is 16.5. The van der Waals surface area contributed by atoms with Gasteiger partial charge in [-0.2, -0.15) is 0 Å². The van der Waals surface area contributed by atoms with E-state index in [-0.39, 0.29) is 17.9 Å². The Morgan fingerprint density at radius 2 is 1.31 bits per heavy atom. The van der Waals surface area contributed by atoms with E-state index in [4.69, 9.17) is 9.47 Å². The molecule has 4 nitrogen and oxygen atoms in total. The molecule has 0 N–H and O–H groups in total. The van der Waals surface area contributed by atoms with E-state index in [0.717, 1.165) is 0 Å². The van der Waals surface area contributed by atoms with Crippen molar-refractivity contribution in [3.05, 3.63) is 0 Å². The molecule has 0 amide bonds. The summed E-state index contributed by atoms with van der Waals surface area (Å²) in [6, 6.07) is 0. The second kappa shape index (κ2) is 8.13. The SMILES string of the molecule is CCC(=O)OCC(COC(=O)CC)C(C)C. The molecule has 0 radical (unpaired) electrons. The first kappa shape index (κ1) is 14.9. The van der Waals surface area contributed by atoms with Crippen LogP contribution in [0.3, 0.4) is 0 Å². The van der Waals surface area contributed by atoms with Crippen molar-refractivity contribution < 1.29 is 19.1 Å². The van der Waals surface area contributed by atoms with Gasteiger partial charge < -0.3 is 9.47 Å². The lowest BCUT2D eigenvalue weighted by Gasteiger charge is -2.20. The number of esters is 2. The molecule has 0 bridgehead atoms. The second-order valence-electron chi connectivity index (χ2n) is 4.08. The summed E-state index contributed by atoms with van der Waals surface area (Å²) in [6.07, 6.45) is 0.749. The fourth-order valence-corrected chi connectivity index (χ4v) is 1.04. The van der Waals surface area contributed by atoms with Crippen LogP contribution in [-0.2, 0) is 19.1 Å². The zero-order valence-electron chi connectivity index (χ0n) is 10.6. The molecule has 0 unspecified atom stereocenters. The van der Waals surface area contributed by atoms with Gasteiger partial charge in [-0.05, 0) is 5.92 Å². The first-order chi connectivity index (χ1) is 7.51. The molecule has 0 rings (SSSR count). The van der Waals surface area contributed by atoms with Gasteiger partial charge in [-0.1, -0.05) is 27.7 Å². The molecule has 0 spiro atoms. The molecule has 0 fully saturated rings. The van der Waals surface area contributed by atoms with Gasteiger partial charge in [0.1, 0.15) is 0 Å². The molecule has 0 heterocycles. The van der Waals surface area contributed by atoms with Crippen molar-refractivity contribution in [1.29, 1.82) is 0 Å². The Morgan fingerprint density at radius 1 is 0.938 bits per heavy atom. The Hall–Kier alpha value is -1.06. The molecular formula is C12H22O4. The third-order valence-electron chi connectivity index (χ3n) is 2.44. The van der Waals surface area contributed by atoms with E-state index in [1.165, 1.54) is 0 Å². The predicted molar refractivity (Wildman–Crippen MR) is 60.8 cm³/mol. The number of hydrogen-bond donors (Lipinski definition) is 0. The summed E-state index contributed by atoms with van der Waals surface area (Å²) in [5.74, 6) is -0.0414. The molecule has 0 aromatic heterocycles. The molecule has 0 saturated heterocycles. The fourth-order valence-electron chi connectivity index (χ4n) is 1.04. The Morgan fingerprint density at radius 3 is 1.56 bits per heavy atom. The van der Waals surface area contributed by atoms with Crippen LogP contribution in [0.15, 0.2) is 0 Å². The lowest BCUT2D eigenvalue weighted by Crippen LogP contribution is -2.24. The highest BCUT2D eigenvalue weighted by molar-refractivity contribution is 5.69. The summed E-state index contributed by atoms with van der Waals surface area (Å²) in [7, 11) is 0. The summed E-state index contributed by atoms with van der Waals surface area (Å²) in [5.41, 5.74) is 0. The van der Waals surface area contributed by atoms with E-state index in [2.05, 4.69) is 0 Å². The smallest absolute Gasteiger partial charge is 0.305 e. The summed E-state index contributed by atoms with van der Waals surface area (Å²) in [5, 5.41) is 0. The third-order valence-corrected chi connectivity index (χ3v) is 2.44. The highest BCUT2D eigenvalue weighted by Gasteiger charge is 2.17. The molecular weight excluding hydrogens is 208 g/mol. The molecule has 0 aliphatic rings. The Balaban J connectivity index is 3.98. The van der Waals surface area contributed by atoms with Gasteiger partial charge in [0.05, 0.1) is 13.2 Å². The van der Waals surface area contributed by atoms with E-state index < -0.39 is 0 Å². The Labute approximate surface area is 97.3 Å². The van der Waals surface area contributed by atoms with E-state index in [0.29, 0.717) is 32.0 Å². The van der Waals surface area contributed by atoms with Gasteiger partial charge in [0.25, 0.3) is 0 Å². The van der Waals surface area contributed by atoms with E-state index in [9.17, 15) is 9.59 Å². The topological polar surface area (TPSA) is 52.6 Å². The lowest BCUT2D eigenvalue weighted by atomic mass is 9.98. The van der Waals surface area contributed by atoms with Crippen molar-refractivity contribution in [1.82, 2.24) is 0 Å². The van der Waals surface area contributed by atoms with Crippen LogP contribution in [-0.4, -0.2) is 25.2 Å². The largest absolute Gasteiger partial charge is 0.465 e. The standard InChI is InChI=1S/C12H22O4/c1-5-11(13)15-7-10(9(3)4)8-16-12(14)6-2/h9-10H,5-8H2,1-4H3. The lowest BCUT2D eigenvalue weighted by molar-refractivity contribution is -0.149. The minimum atomic E-state index is -0.215. The van der Waals surface area contributed by atoms with Crippen LogP contribution >= 0.6 is 0 Å². The second-order valence-corrected chi connectivity index (χ2v) is 4.08. The van der Waals surface area contributed by atoms with Gasteiger partial charge in [0.2, 0.25) is 0 Å². The first-order valence-corrected chi connectivity index (χ1v) is 5.82. The maximum Gasteiger partial charge on any atom is 0.305 e.